The summed E-state index contributed by atoms with van der Waals surface area (Å²) in [7, 11) is 0. The molecule has 1 nitrogen and oxygen atoms in total. The van der Waals surface area contributed by atoms with Crippen molar-refractivity contribution < 1.29 is 41.1 Å². The Hall–Kier alpha value is -0.0488. The minimum atomic E-state index is -2.07. The van der Waals surface area contributed by atoms with Crippen molar-refractivity contribution in [2.75, 3.05) is 6.16 Å². The van der Waals surface area contributed by atoms with Crippen LogP contribution in [0.15, 0.2) is 60.7 Å². The van der Waals surface area contributed by atoms with Crippen LogP contribution in [0, 0.1) is 0 Å². The molecule has 0 radical (unpaired) electrons. The van der Waals surface area contributed by atoms with Gasteiger partial charge in [-0.05, 0) is 11.0 Å². The summed E-state index contributed by atoms with van der Waals surface area (Å²) in [5, 5.41) is 5.12. The summed E-state index contributed by atoms with van der Waals surface area (Å²) in [4.78, 5) is 0. The van der Waals surface area contributed by atoms with E-state index in [2.05, 4.69) is 101 Å². The fourth-order valence-corrected chi connectivity index (χ4v) is 16.8. The summed E-state index contributed by atoms with van der Waals surface area (Å²) in [6, 6.07) is 21.9. The number of hydrogen-bond acceptors (Lipinski definition) is 1. The molecule has 1 heterocycles. The summed E-state index contributed by atoms with van der Waals surface area (Å²) in [5.41, 5.74) is 5.47. The molecular formula is C22H34Cl2NPSiTi. The van der Waals surface area contributed by atoms with Gasteiger partial charge in [0.2, 0.25) is 0 Å². The zero-order valence-electron chi connectivity index (χ0n) is 16.8. The quantitative estimate of drug-likeness (QED) is 0.413. The second-order valence-corrected chi connectivity index (χ2v) is 23.8. The molecule has 0 aromatic heterocycles. The molecule has 6 heteroatoms. The van der Waals surface area contributed by atoms with Gasteiger partial charge < -0.3 is 24.8 Å². The standard InChI is InChI=1S/C16H13P.C4H10N.2CH3.2ClH.H4Si.Ti/c1-3-7-13(8-4-1)15-11-17-12-16(15)14-9-5-2-6-10-14;1-4(2,3)5;;;;;;/h1-11H,12H2;5H,1-3H3;2*1H3;2*1H;1H4;/q;-1;;;;;;+2/p-1. The molecule has 2 aromatic rings. The molecule has 0 aliphatic carbocycles. The minimum absolute atomic E-state index is 0. The smallest absolute Gasteiger partial charge is 0.0149 e. The largest absolute Gasteiger partial charge is 1.00 e. The van der Waals surface area contributed by atoms with Gasteiger partial charge in [0.15, 0.2) is 0 Å². The van der Waals surface area contributed by atoms with E-state index >= 15 is 0 Å². The Bertz CT molecular complexity index is 815. The molecule has 0 saturated carbocycles. The molecule has 1 aliphatic rings. The van der Waals surface area contributed by atoms with Gasteiger partial charge in [-0.25, -0.2) is 0 Å². The summed E-state index contributed by atoms with van der Waals surface area (Å²) in [6.45, 7) is 6.92. The van der Waals surface area contributed by atoms with Crippen LogP contribution < -0.4 is 28.6 Å². The van der Waals surface area contributed by atoms with Gasteiger partial charge in [0.25, 0.3) is 0 Å². The Morgan fingerprint density at radius 3 is 1.75 bits per heavy atom. The number of allylic oxidation sites excluding steroid dienone is 2. The first kappa shape index (κ1) is 28.0. The Balaban J connectivity index is 0.00000243. The van der Waals surface area contributed by atoms with Gasteiger partial charge in [-0.1, -0.05) is 0 Å². The predicted octanol–water partition coefficient (Wildman–Crippen LogP) is -1.35. The van der Waals surface area contributed by atoms with E-state index in [1.54, 1.807) is 5.57 Å². The average molecular weight is 490 g/mol. The van der Waals surface area contributed by atoms with Gasteiger partial charge >= 0.3 is 157 Å². The molecule has 1 N–H and O–H groups in total. The maximum atomic E-state index is 4.06. The minimum Gasteiger partial charge on any atom is -1.00 e. The van der Waals surface area contributed by atoms with E-state index in [1.807, 2.05) is 0 Å². The van der Waals surface area contributed by atoms with Crippen molar-refractivity contribution in [2.24, 2.45) is 0 Å². The van der Waals surface area contributed by atoms with E-state index in [4.69, 9.17) is 0 Å². The van der Waals surface area contributed by atoms with Crippen LogP contribution in [0.2, 0.25) is 10.5 Å². The van der Waals surface area contributed by atoms with Gasteiger partial charge in [0, 0.05) is 0 Å². The Morgan fingerprint density at radius 1 is 0.821 bits per heavy atom. The third-order valence-electron chi connectivity index (χ3n) is 4.71. The molecule has 1 atom stereocenters. The van der Waals surface area contributed by atoms with Crippen LogP contribution in [-0.4, -0.2) is 28.5 Å². The third-order valence-corrected chi connectivity index (χ3v) is 19.4. The molecule has 28 heavy (non-hydrogen) atoms. The van der Waals surface area contributed by atoms with Crippen molar-refractivity contribution in [3.63, 3.8) is 0 Å². The summed E-state index contributed by atoms with van der Waals surface area (Å²) in [6.07, 6.45) is 1.26. The van der Waals surface area contributed by atoms with Crippen molar-refractivity contribution in [1.29, 1.82) is 0 Å². The summed E-state index contributed by atoms with van der Waals surface area (Å²) < 4.78 is 4.06. The van der Waals surface area contributed by atoms with Crippen LogP contribution in [0.3, 0.4) is 0 Å². The zero-order chi connectivity index (χ0) is 18.1. The van der Waals surface area contributed by atoms with Gasteiger partial charge in [0.1, 0.15) is 0 Å². The first-order valence-corrected chi connectivity index (χ1v) is 17.1. The van der Waals surface area contributed by atoms with Crippen LogP contribution in [0.1, 0.15) is 31.9 Å². The van der Waals surface area contributed by atoms with Gasteiger partial charge in [-0.2, -0.15) is 0 Å². The van der Waals surface area contributed by atoms with Crippen LogP contribution in [0.25, 0.3) is 11.1 Å². The molecule has 3 rings (SSSR count). The van der Waals surface area contributed by atoms with Crippen LogP contribution >= 0.6 is 5.54 Å². The van der Waals surface area contributed by atoms with Gasteiger partial charge in [0.05, 0.1) is 0 Å². The van der Waals surface area contributed by atoms with Crippen molar-refractivity contribution in [2.45, 2.75) is 36.8 Å². The maximum absolute atomic E-state index is 4.06. The molecule has 0 spiro atoms. The number of halogens is 2. The monoisotopic (exact) mass is 489 g/mol. The van der Waals surface area contributed by atoms with Crippen LogP contribution in [-0.2, 0) is 16.3 Å². The first-order valence-electron chi connectivity index (χ1n) is 9.11. The number of rotatable bonds is 4. The molecule has 0 amide bonds. The normalized spacial score (nSPS) is 15.8. The van der Waals surface area contributed by atoms with E-state index in [-0.39, 0.29) is 41.3 Å². The van der Waals surface area contributed by atoms with Crippen molar-refractivity contribution in [3.05, 3.63) is 71.8 Å². The third kappa shape index (κ3) is 7.03. The summed E-state index contributed by atoms with van der Waals surface area (Å²) in [5.74, 6) is 2.67. The molecule has 154 valence electrons. The Kier molecular flexibility index (Phi) is 11.4. The average Bonchev–Trinajstić information content (AvgIpc) is 3.00. The zero-order valence-corrected chi connectivity index (χ0v) is 20.9. The Labute approximate surface area is 192 Å². The number of nitrogens with one attached hydrogen (secondary N) is 1. The van der Waals surface area contributed by atoms with E-state index in [9.17, 15) is 0 Å². The maximum Gasteiger partial charge on any atom is -0.0149 e. The van der Waals surface area contributed by atoms with Gasteiger partial charge in [-0.15, -0.1) is 0 Å². The topological polar surface area (TPSA) is 12.0 Å². The van der Waals surface area contributed by atoms with E-state index in [1.165, 1.54) is 22.9 Å². The predicted molar refractivity (Wildman–Crippen MR) is 125 cm³/mol. The SMILES string of the molecule is CC(C)(C)[NH][Ti+2]([CH3])([CH3])[PH]1=CC(c2ccccc2)=C(c2ccccc2)C1.[Cl-].[Cl-].[SiH4]. The van der Waals surface area contributed by atoms with Crippen molar-refractivity contribution >= 4 is 33.4 Å². The number of hydrogen-bond donors (Lipinski definition) is 1. The molecule has 0 fully saturated rings. The fraction of sp³-hybridized carbons (Fsp3) is 0.318. The molecule has 2 aromatic carbocycles. The van der Waals surface area contributed by atoms with Gasteiger partial charge in [-0.3, -0.25) is 0 Å². The Morgan fingerprint density at radius 2 is 1.29 bits per heavy atom. The molecule has 1 aliphatic heterocycles. The molecule has 0 saturated heterocycles. The second kappa shape index (κ2) is 11.4. The molecule has 0 bridgehead atoms. The van der Waals surface area contributed by atoms with E-state index in [0.29, 0.717) is 0 Å². The first-order chi connectivity index (χ1) is 11.8. The van der Waals surface area contributed by atoms with E-state index in [0.717, 1.165) is 0 Å². The summed E-state index contributed by atoms with van der Waals surface area (Å²) >= 11 is -2.07. The van der Waals surface area contributed by atoms with Crippen molar-refractivity contribution in [1.82, 2.24) is 3.80 Å². The second-order valence-electron chi connectivity index (χ2n) is 8.47. The molecular weight excluding hydrogens is 456 g/mol. The molecule has 1 unspecified atom stereocenters. The number of benzene rings is 2. The fourth-order valence-electron chi connectivity index (χ4n) is 3.79. The van der Waals surface area contributed by atoms with Crippen LogP contribution in [0.5, 0.6) is 0 Å². The van der Waals surface area contributed by atoms with Crippen molar-refractivity contribution in [3.8, 4) is 0 Å². The van der Waals surface area contributed by atoms with E-state index < -0.39 is 21.9 Å². The van der Waals surface area contributed by atoms with Crippen LogP contribution in [0.4, 0.5) is 0 Å².